The molecule has 9 aromatic rings. The van der Waals surface area contributed by atoms with Crippen LogP contribution in [0.3, 0.4) is 0 Å². The molecule has 0 radical (unpaired) electrons. The highest BCUT2D eigenvalue weighted by atomic mass is 16.3. The van der Waals surface area contributed by atoms with Crippen molar-refractivity contribution in [1.29, 1.82) is 0 Å². The fourth-order valence-corrected chi connectivity index (χ4v) is 6.84. The van der Waals surface area contributed by atoms with Gasteiger partial charge in [0.05, 0.1) is 0 Å². The Hall–Kier alpha value is -5.66. The van der Waals surface area contributed by atoms with Crippen LogP contribution in [0, 0.1) is 0 Å². The lowest BCUT2D eigenvalue weighted by Crippen LogP contribution is -1.90. The van der Waals surface area contributed by atoms with Crippen LogP contribution in [0.5, 0.6) is 0 Å². The molecular formula is C42H26O. The summed E-state index contributed by atoms with van der Waals surface area (Å²) in [6, 6.07) is 56.8. The molecule has 9 rings (SSSR count). The van der Waals surface area contributed by atoms with Gasteiger partial charge in [0.15, 0.2) is 0 Å². The van der Waals surface area contributed by atoms with Crippen molar-refractivity contribution >= 4 is 54.3 Å². The van der Waals surface area contributed by atoms with Crippen LogP contribution in [0.2, 0.25) is 0 Å². The highest BCUT2D eigenvalue weighted by molar-refractivity contribution is 6.22. The summed E-state index contributed by atoms with van der Waals surface area (Å²) in [5, 5.41) is 9.80. The van der Waals surface area contributed by atoms with E-state index < -0.39 is 0 Å². The summed E-state index contributed by atoms with van der Waals surface area (Å²) < 4.78 is 6.44. The molecule has 0 saturated heterocycles. The molecule has 8 aromatic carbocycles. The molecule has 200 valence electrons. The van der Waals surface area contributed by atoms with E-state index in [4.69, 9.17) is 4.42 Å². The number of hydrogen-bond donors (Lipinski definition) is 0. The molecule has 0 unspecified atom stereocenters. The second-order valence-corrected chi connectivity index (χ2v) is 11.3. The van der Waals surface area contributed by atoms with E-state index in [0.29, 0.717) is 0 Å². The first-order chi connectivity index (χ1) is 21.3. The number of fused-ring (bicyclic) bond motifs is 6. The van der Waals surface area contributed by atoms with Crippen LogP contribution in [0.4, 0.5) is 0 Å². The largest absolute Gasteiger partial charge is 0.456 e. The van der Waals surface area contributed by atoms with Crippen molar-refractivity contribution < 1.29 is 4.42 Å². The van der Waals surface area contributed by atoms with Crippen LogP contribution in [0.15, 0.2) is 162 Å². The van der Waals surface area contributed by atoms with Gasteiger partial charge in [-0.2, -0.15) is 0 Å². The Morgan fingerprint density at radius 2 is 0.837 bits per heavy atom. The third-order valence-corrected chi connectivity index (χ3v) is 8.84. The Balaban J connectivity index is 1.25. The molecule has 0 aliphatic heterocycles. The lowest BCUT2D eigenvalue weighted by atomic mass is 9.86. The van der Waals surface area contributed by atoms with Crippen LogP contribution in [-0.4, -0.2) is 0 Å². The first-order valence-corrected chi connectivity index (χ1v) is 14.8. The lowest BCUT2D eigenvalue weighted by molar-refractivity contribution is 0.669. The second kappa shape index (κ2) is 9.44. The maximum absolute atomic E-state index is 6.44. The molecule has 0 N–H and O–H groups in total. The van der Waals surface area contributed by atoms with Gasteiger partial charge < -0.3 is 4.42 Å². The zero-order chi connectivity index (χ0) is 28.3. The van der Waals surface area contributed by atoms with Gasteiger partial charge in [0.2, 0.25) is 0 Å². The molecule has 0 spiro atoms. The van der Waals surface area contributed by atoms with E-state index in [1.54, 1.807) is 0 Å². The Labute approximate surface area is 249 Å². The summed E-state index contributed by atoms with van der Waals surface area (Å²) in [5.74, 6) is 0. The van der Waals surface area contributed by atoms with E-state index in [2.05, 4.69) is 158 Å². The van der Waals surface area contributed by atoms with Gasteiger partial charge in [0.25, 0.3) is 0 Å². The Morgan fingerprint density at radius 1 is 0.279 bits per heavy atom. The van der Waals surface area contributed by atoms with Crippen molar-refractivity contribution in [2.24, 2.45) is 0 Å². The molecule has 0 aliphatic rings. The molecule has 0 atom stereocenters. The van der Waals surface area contributed by atoms with Crippen molar-refractivity contribution in [2.75, 3.05) is 0 Å². The van der Waals surface area contributed by atoms with E-state index >= 15 is 0 Å². The molecule has 1 heterocycles. The van der Waals surface area contributed by atoms with Gasteiger partial charge in [-0.3, -0.25) is 0 Å². The number of hydrogen-bond acceptors (Lipinski definition) is 1. The lowest BCUT2D eigenvalue weighted by Gasteiger charge is -2.17. The molecule has 0 saturated carbocycles. The highest BCUT2D eigenvalue weighted by Gasteiger charge is 2.17. The van der Waals surface area contributed by atoms with E-state index in [1.807, 2.05) is 0 Å². The molecule has 0 fully saturated rings. The van der Waals surface area contributed by atoms with E-state index in [-0.39, 0.29) is 0 Å². The number of benzene rings is 8. The molecule has 0 amide bonds. The van der Waals surface area contributed by atoms with E-state index in [9.17, 15) is 0 Å². The highest BCUT2D eigenvalue weighted by Crippen LogP contribution is 2.44. The maximum Gasteiger partial charge on any atom is 0.136 e. The van der Waals surface area contributed by atoms with Gasteiger partial charge in [0.1, 0.15) is 11.2 Å². The van der Waals surface area contributed by atoms with Crippen LogP contribution >= 0.6 is 0 Å². The molecule has 1 aromatic heterocycles. The van der Waals surface area contributed by atoms with Gasteiger partial charge >= 0.3 is 0 Å². The Morgan fingerprint density at radius 3 is 1.56 bits per heavy atom. The Bertz CT molecular complexity index is 2440. The first kappa shape index (κ1) is 24.0. The first-order valence-electron chi connectivity index (χ1n) is 14.8. The van der Waals surface area contributed by atoms with Gasteiger partial charge in [-0.05, 0) is 96.0 Å². The zero-order valence-electron chi connectivity index (χ0n) is 23.4. The smallest absolute Gasteiger partial charge is 0.136 e. The minimum Gasteiger partial charge on any atom is -0.456 e. The van der Waals surface area contributed by atoms with Crippen LogP contribution in [0.1, 0.15) is 0 Å². The number of furan rings is 1. The maximum atomic E-state index is 6.44. The van der Waals surface area contributed by atoms with Crippen molar-refractivity contribution in [2.45, 2.75) is 0 Å². The summed E-state index contributed by atoms with van der Waals surface area (Å²) >= 11 is 0. The fourth-order valence-electron chi connectivity index (χ4n) is 6.84. The summed E-state index contributed by atoms with van der Waals surface area (Å²) in [5.41, 5.74) is 9.14. The SMILES string of the molecule is c1ccc(-c2c3ccccc3c(-c3ccc4oc5cc(-c6ccc7ccccc7c6)ccc5c4c3)c3ccccc23)cc1. The van der Waals surface area contributed by atoms with Crippen molar-refractivity contribution in [3.63, 3.8) is 0 Å². The van der Waals surface area contributed by atoms with Crippen LogP contribution in [0.25, 0.3) is 87.6 Å². The van der Waals surface area contributed by atoms with Gasteiger partial charge in [-0.1, -0.05) is 127 Å². The normalized spacial score (nSPS) is 11.7. The predicted molar refractivity (Wildman–Crippen MR) is 183 cm³/mol. The number of rotatable bonds is 3. The fraction of sp³-hybridized carbons (Fsp3) is 0. The standard InChI is InChI=1S/C42H26O/c1-2-11-28(12-3-1)41-34-14-6-8-16-36(34)42(37-17-9-7-15-35(37)41)32-21-23-39-38(25-32)33-22-20-31(26-40(33)43-39)30-19-18-27-10-4-5-13-29(27)24-30/h1-26H. The topological polar surface area (TPSA) is 13.1 Å². The molecule has 43 heavy (non-hydrogen) atoms. The average Bonchev–Trinajstić information content (AvgIpc) is 3.44. The molecule has 1 nitrogen and oxygen atoms in total. The third kappa shape index (κ3) is 3.79. The minimum absolute atomic E-state index is 0.906. The molecular weight excluding hydrogens is 520 g/mol. The summed E-state index contributed by atoms with van der Waals surface area (Å²) in [4.78, 5) is 0. The average molecular weight is 547 g/mol. The predicted octanol–water partition coefficient (Wildman–Crippen LogP) is 12.0. The van der Waals surface area contributed by atoms with Gasteiger partial charge in [-0.15, -0.1) is 0 Å². The van der Waals surface area contributed by atoms with Crippen molar-refractivity contribution in [3.8, 4) is 33.4 Å². The molecule has 1 heteroatoms. The quantitative estimate of drug-likeness (QED) is 0.201. The van der Waals surface area contributed by atoms with Gasteiger partial charge in [0, 0.05) is 10.8 Å². The zero-order valence-corrected chi connectivity index (χ0v) is 23.4. The van der Waals surface area contributed by atoms with Crippen LogP contribution in [-0.2, 0) is 0 Å². The Kier molecular flexibility index (Phi) is 5.27. The van der Waals surface area contributed by atoms with Crippen LogP contribution < -0.4 is 0 Å². The summed E-state index contributed by atoms with van der Waals surface area (Å²) in [7, 11) is 0. The van der Waals surface area contributed by atoms with Crippen molar-refractivity contribution in [3.05, 3.63) is 158 Å². The van der Waals surface area contributed by atoms with Crippen molar-refractivity contribution in [1.82, 2.24) is 0 Å². The van der Waals surface area contributed by atoms with E-state index in [0.717, 1.165) is 27.5 Å². The van der Waals surface area contributed by atoms with E-state index in [1.165, 1.54) is 60.1 Å². The minimum atomic E-state index is 0.906. The molecule has 0 bridgehead atoms. The molecule has 0 aliphatic carbocycles. The van der Waals surface area contributed by atoms with Gasteiger partial charge in [-0.25, -0.2) is 0 Å². The monoisotopic (exact) mass is 546 g/mol. The summed E-state index contributed by atoms with van der Waals surface area (Å²) in [6.07, 6.45) is 0. The third-order valence-electron chi connectivity index (χ3n) is 8.84. The second-order valence-electron chi connectivity index (χ2n) is 11.3. The summed E-state index contributed by atoms with van der Waals surface area (Å²) in [6.45, 7) is 0.